The van der Waals surface area contributed by atoms with Crippen LogP contribution in [-0.4, -0.2) is 0 Å². The van der Waals surface area contributed by atoms with E-state index in [1.54, 1.807) is 17.4 Å². The molecule has 2 rings (SSSR count). The number of benzene rings is 1. The number of nitrogens with two attached hydrogens (primary N) is 1. The highest BCUT2D eigenvalue weighted by molar-refractivity contribution is 7.17. The Hall–Kier alpha value is -1.53. The molecule has 0 fully saturated rings. The van der Waals surface area contributed by atoms with Gasteiger partial charge in [-0.1, -0.05) is 6.92 Å². The number of nitriles is 1. The topological polar surface area (TPSA) is 49.8 Å². The molecule has 0 saturated carbocycles. The van der Waals surface area contributed by atoms with Crippen LogP contribution < -0.4 is 5.73 Å². The molecule has 70 valence electrons. The maximum Gasteiger partial charge on any atom is 0.101 e. The SMILES string of the molecule is CCc1c(N)cc(C#N)c2sccc12. The fourth-order valence-corrected chi connectivity index (χ4v) is 2.59. The average Bonchev–Trinajstić information content (AvgIpc) is 2.65. The lowest BCUT2D eigenvalue weighted by molar-refractivity contribution is 1.16. The molecule has 0 bridgehead atoms. The predicted molar refractivity (Wildman–Crippen MR) is 60.3 cm³/mol. The van der Waals surface area contributed by atoms with Crippen LogP contribution in [0.1, 0.15) is 18.1 Å². The molecular weight excluding hydrogens is 192 g/mol. The fourth-order valence-electron chi connectivity index (χ4n) is 1.70. The van der Waals surface area contributed by atoms with Gasteiger partial charge in [-0.3, -0.25) is 0 Å². The third kappa shape index (κ3) is 1.16. The van der Waals surface area contributed by atoms with Crippen molar-refractivity contribution in [2.24, 2.45) is 0 Å². The first-order valence-corrected chi connectivity index (χ1v) is 5.34. The van der Waals surface area contributed by atoms with E-state index in [4.69, 9.17) is 11.0 Å². The minimum Gasteiger partial charge on any atom is -0.398 e. The van der Waals surface area contributed by atoms with E-state index in [9.17, 15) is 0 Å². The Morgan fingerprint density at radius 2 is 2.36 bits per heavy atom. The lowest BCUT2D eigenvalue weighted by Gasteiger charge is -2.05. The van der Waals surface area contributed by atoms with Crippen molar-refractivity contribution in [1.29, 1.82) is 5.26 Å². The molecule has 0 spiro atoms. The van der Waals surface area contributed by atoms with E-state index in [2.05, 4.69) is 13.0 Å². The van der Waals surface area contributed by atoms with Gasteiger partial charge in [-0.05, 0) is 34.9 Å². The van der Waals surface area contributed by atoms with Crippen LogP contribution in [0.4, 0.5) is 5.69 Å². The first-order valence-electron chi connectivity index (χ1n) is 4.46. The minimum atomic E-state index is 0.685. The van der Waals surface area contributed by atoms with Gasteiger partial charge in [0.1, 0.15) is 6.07 Å². The summed E-state index contributed by atoms with van der Waals surface area (Å²) in [5.74, 6) is 0. The van der Waals surface area contributed by atoms with Gasteiger partial charge in [0.25, 0.3) is 0 Å². The molecule has 0 saturated heterocycles. The number of thiophene rings is 1. The number of aryl methyl sites for hydroxylation is 1. The number of fused-ring (bicyclic) bond motifs is 1. The second-order valence-corrected chi connectivity index (χ2v) is 4.04. The molecule has 14 heavy (non-hydrogen) atoms. The van der Waals surface area contributed by atoms with E-state index >= 15 is 0 Å². The van der Waals surface area contributed by atoms with Crippen molar-refractivity contribution in [2.75, 3.05) is 5.73 Å². The van der Waals surface area contributed by atoms with E-state index in [-0.39, 0.29) is 0 Å². The van der Waals surface area contributed by atoms with Crippen molar-refractivity contribution < 1.29 is 0 Å². The molecule has 0 aliphatic carbocycles. The van der Waals surface area contributed by atoms with Gasteiger partial charge in [0.05, 0.1) is 10.3 Å². The van der Waals surface area contributed by atoms with Gasteiger partial charge < -0.3 is 5.73 Å². The Bertz CT molecular complexity index is 520. The van der Waals surface area contributed by atoms with E-state index in [0.717, 1.165) is 27.8 Å². The zero-order chi connectivity index (χ0) is 10.1. The summed E-state index contributed by atoms with van der Waals surface area (Å²) in [6.07, 6.45) is 0.908. The highest BCUT2D eigenvalue weighted by Crippen LogP contribution is 2.31. The molecule has 0 atom stereocenters. The second-order valence-electron chi connectivity index (χ2n) is 3.12. The third-order valence-electron chi connectivity index (χ3n) is 2.36. The first-order chi connectivity index (χ1) is 6.77. The van der Waals surface area contributed by atoms with Crippen LogP contribution in [0, 0.1) is 11.3 Å². The quantitative estimate of drug-likeness (QED) is 0.723. The maximum absolute atomic E-state index is 8.94. The molecule has 0 radical (unpaired) electrons. The van der Waals surface area contributed by atoms with Crippen molar-refractivity contribution in [2.45, 2.75) is 13.3 Å². The molecule has 2 aromatic rings. The van der Waals surface area contributed by atoms with Crippen LogP contribution in [0.5, 0.6) is 0 Å². The Labute approximate surface area is 86.6 Å². The first kappa shape index (κ1) is 9.04. The largest absolute Gasteiger partial charge is 0.398 e. The molecular formula is C11H10N2S. The molecule has 1 heterocycles. The highest BCUT2D eigenvalue weighted by atomic mass is 32.1. The fraction of sp³-hybridized carbons (Fsp3) is 0.182. The van der Waals surface area contributed by atoms with E-state index in [1.165, 1.54) is 0 Å². The Morgan fingerprint density at radius 3 is 3.00 bits per heavy atom. The van der Waals surface area contributed by atoms with Crippen LogP contribution in [0.15, 0.2) is 17.5 Å². The van der Waals surface area contributed by atoms with Crippen molar-refractivity contribution in [3.63, 3.8) is 0 Å². The van der Waals surface area contributed by atoms with Gasteiger partial charge in [0.15, 0.2) is 0 Å². The Kier molecular flexibility index (Phi) is 2.14. The number of hydrogen-bond acceptors (Lipinski definition) is 3. The Balaban J connectivity index is 2.90. The zero-order valence-corrected chi connectivity index (χ0v) is 8.69. The highest BCUT2D eigenvalue weighted by Gasteiger charge is 2.09. The number of hydrogen-bond donors (Lipinski definition) is 1. The van der Waals surface area contributed by atoms with Crippen molar-refractivity contribution in [3.05, 3.63) is 28.6 Å². The Morgan fingerprint density at radius 1 is 1.57 bits per heavy atom. The number of anilines is 1. The standard InChI is InChI=1S/C11H10N2S/c1-2-8-9-3-4-14-11(9)7(6-12)5-10(8)13/h3-5H,2,13H2,1H3. The van der Waals surface area contributed by atoms with Crippen LogP contribution in [0.25, 0.3) is 10.1 Å². The van der Waals surface area contributed by atoms with Crippen molar-refractivity contribution in [1.82, 2.24) is 0 Å². The zero-order valence-electron chi connectivity index (χ0n) is 7.87. The summed E-state index contributed by atoms with van der Waals surface area (Å²) in [5.41, 5.74) is 8.46. The van der Waals surface area contributed by atoms with Crippen molar-refractivity contribution >= 4 is 27.1 Å². The minimum absolute atomic E-state index is 0.685. The molecule has 3 heteroatoms. The molecule has 1 aromatic heterocycles. The molecule has 0 amide bonds. The lowest BCUT2D eigenvalue weighted by Crippen LogP contribution is -1.94. The second kappa shape index (κ2) is 3.32. The third-order valence-corrected chi connectivity index (χ3v) is 3.30. The number of nitrogen functional groups attached to an aromatic ring is 1. The van der Waals surface area contributed by atoms with Crippen molar-refractivity contribution in [3.8, 4) is 6.07 Å². The number of nitrogens with zero attached hydrogens (tertiary/aromatic N) is 1. The molecule has 0 unspecified atom stereocenters. The van der Waals surface area contributed by atoms with Crippen LogP contribution in [0.3, 0.4) is 0 Å². The summed E-state index contributed by atoms with van der Waals surface area (Å²) < 4.78 is 1.05. The smallest absolute Gasteiger partial charge is 0.101 e. The normalized spacial score (nSPS) is 10.3. The van der Waals surface area contributed by atoms with Gasteiger partial charge >= 0.3 is 0 Å². The van der Waals surface area contributed by atoms with Gasteiger partial charge in [-0.15, -0.1) is 11.3 Å². The molecule has 2 N–H and O–H groups in total. The maximum atomic E-state index is 8.94. The van der Waals surface area contributed by atoms with E-state index in [1.807, 2.05) is 11.4 Å². The summed E-state index contributed by atoms with van der Waals surface area (Å²) in [6.45, 7) is 2.08. The van der Waals surface area contributed by atoms with Crippen LogP contribution in [-0.2, 0) is 6.42 Å². The van der Waals surface area contributed by atoms with Gasteiger partial charge in [0.2, 0.25) is 0 Å². The summed E-state index contributed by atoms with van der Waals surface area (Å²) in [7, 11) is 0. The van der Waals surface area contributed by atoms with Crippen LogP contribution >= 0.6 is 11.3 Å². The van der Waals surface area contributed by atoms with Gasteiger partial charge in [0, 0.05) is 5.69 Å². The summed E-state index contributed by atoms with van der Waals surface area (Å²) in [5, 5.41) is 12.1. The molecule has 0 aliphatic rings. The lowest BCUT2D eigenvalue weighted by atomic mass is 10.0. The summed E-state index contributed by atoms with van der Waals surface area (Å²) in [4.78, 5) is 0. The van der Waals surface area contributed by atoms with E-state index in [0.29, 0.717) is 5.56 Å². The van der Waals surface area contributed by atoms with Crippen LogP contribution in [0.2, 0.25) is 0 Å². The van der Waals surface area contributed by atoms with E-state index < -0.39 is 0 Å². The van der Waals surface area contributed by atoms with Gasteiger partial charge in [-0.2, -0.15) is 5.26 Å². The predicted octanol–water partition coefficient (Wildman–Crippen LogP) is 2.92. The number of rotatable bonds is 1. The molecule has 0 aliphatic heterocycles. The van der Waals surface area contributed by atoms with Gasteiger partial charge in [-0.25, -0.2) is 0 Å². The monoisotopic (exact) mass is 202 g/mol. The molecule has 1 aromatic carbocycles. The summed E-state index contributed by atoms with van der Waals surface area (Å²) in [6, 6.07) is 5.99. The molecule has 2 nitrogen and oxygen atoms in total. The average molecular weight is 202 g/mol. The summed E-state index contributed by atoms with van der Waals surface area (Å²) >= 11 is 1.60.